The SMILES string of the molecule is CCN(CC)c1ccc(C2=CC=CCC2)cc1F. The Labute approximate surface area is 109 Å². The summed E-state index contributed by atoms with van der Waals surface area (Å²) in [5, 5.41) is 0. The second kappa shape index (κ2) is 5.85. The number of nitrogens with zero attached hydrogens (tertiary/aromatic N) is 1. The summed E-state index contributed by atoms with van der Waals surface area (Å²) in [6.45, 7) is 5.76. The fourth-order valence-corrected chi connectivity index (χ4v) is 2.37. The standard InChI is InChI=1S/C16H20FN/c1-3-18(4-2)16-11-10-14(12-15(16)17)13-8-6-5-7-9-13/h5-6,8,10-12H,3-4,7,9H2,1-2H3. The minimum atomic E-state index is -0.119. The maximum Gasteiger partial charge on any atom is 0.147 e. The quantitative estimate of drug-likeness (QED) is 0.759. The predicted molar refractivity (Wildman–Crippen MR) is 76.3 cm³/mol. The van der Waals surface area contributed by atoms with E-state index in [1.807, 2.05) is 30.9 Å². The van der Waals surface area contributed by atoms with Crippen LogP contribution >= 0.6 is 0 Å². The van der Waals surface area contributed by atoms with Crippen molar-refractivity contribution >= 4 is 11.3 Å². The van der Waals surface area contributed by atoms with Gasteiger partial charge in [0.05, 0.1) is 5.69 Å². The molecular formula is C16H20FN. The van der Waals surface area contributed by atoms with Gasteiger partial charge in [0.15, 0.2) is 0 Å². The van der Waals surface area contributed by atoms with Crippen molar-refractivity contribution in [3.8, 4) is 0 Å². The number of rotatable bonds is 4. The zero-order valence-corrected chi connectivity index (χ0v) is 11.1. The zero-order chi connectivity index (χ0) is 13.0. The van der Waals surface area contributed by atoms with E-state index in [2.05, 4.69) is 18.2 Å². The number of allylic oxidation sites excluding steroid dienone is 4. The van der Waals surface area contributed by atoms with Crippen molar-refractivity contribution in [3.05, 3.63) is 47.8 Å². The molecule has 1 aromatic rings. The normalized spacial score (nSPS) is 14.5. The fourth-order valence-electron chi connectivity index (χ4n) is 2.37. The molecule has 1 aromatic carbocycles. The van der Waals surface area contributed by atoms with Crippen LogP contribution in [0.25, 0.3) is 5.57 Å². The molecule has 0 aliphatic heterocycles. The van der Waals surface area contributed by atoms with Gasteiger partial charge >= 0.3 is 0 Å². The summed E-state index contributed by atoms with van der Waals surface area (Å²) in [4.78, 5) is 2.04. The lowest BCUT2D eigenvalue weighted by Crippen LogP contribution is -2.22. The molecule has 0 radical (unpaired) electrons. The first kappa shape index (κ1) is 12.9. The maximum atomic E-state index is 14.1. The minimum absolute atomic E-state index is 0.119. The Morgan fingerprint density at radius 3 is 2.56 bits per heavy atom. The van der Waals surface area contributed by atoms with Gasteiger partial charge in [-0.2, -0.15) is 0 Å². The Morgan fingerprint density at radius 2 is 2.00 bits per heavy atom. The first-order chi connectivity index (χ1) is 8.76. The third-order valence-corrected chi connectivity index (χ3v) is 3.44. The van der Waals surface area contributed by atoms with Gasteiger partial charge in [0, 0.05) is 13.1 Å². The van der Waals surface area contributed by atoms with Gasteiger partial charge in [0.1, 0.15) is 5.82 Å². The van der Waals surface area contributed by atoms with Gasteiger partial charge in [-0.1, -0.05) is 24.3 Å². The van der Waals surface area contributed by atoms with Crippen molar-refractivity contribution in [1.82, 2.24) is 0 Å². The molecule has 0 bridgehead atoms. The summed E-state index contributed by atoms with van der Waals surface area (Å²) in [7, 11) is 0. The highest BCUT2D eigenvalue weighted by Gasteiger charge is 2.11. The molecule has 0 heterocycles. The Bertz CT molecular complexity index is 470. The van der Waals surface area contributed by atoms with E-state index in [1.165, 1.54) is 5.57 Å². The van der Waals surface area contributed by atoms with Gasteiger partial charge in [-0.3, -0.25) is 0 Å². The molecule has 0 saturated carbocycles. The topological polar surface area (TPSA) is 3.24 Å². The first-order valence-corrected chi connectivity index (χ1v) is 6.66. The molecule has 2 heteroatoms. The van der Waals surface area contributed by atoms with E-state index in [0.717, 1.165) is 31.5 Å². The molecular weight excluding hydrogens is 225 g/mol. The number of hydrogen-bond acceptors (Lipinski definition) is 1. The van der Waals surface area contributed by atoms with Crippen LogP contribution in [-0.4, -0.2) is 13.1 Å². The lowest BCUT2D eigenvalue weighted by molar-refractivity contribution is 0.619. The van der Waals surface area contributed by atoms with Gasteiger partial charge in [-0.15, -0.1) is 0 Å². The summed E-state index contributed by atoms with van der Waals surface area (Å²) < 4.78 is 14.1. The van der Waals surface area contributed by atoms with Gasteiger partial charge < -0.3 is 4.90 Å². The van der Waals surface area contributed by atoms with Gasteiger partial charge in [0.2, 0.25) is 0 Å². The largest absolute Gasteiger partial charge is 0.370 e. The Kier molecular flexibility index (Phi) is 4.19. The minimum Gasteiger partial charge on any atom is -0.370 e. The van der Waals surface area contributed by atoms with Crippen LogP contribution in [0.4, 0.5) is 10.1 Å². The number of anilines is 1. The average molecular weight is 245 g/mol. The van der Waals surface area contributed by atoms with Crippen LogP contribution in [-0.2, 0) is 0 Å². The molecule has 0 atom stereocenters. The molecule has 0 unspecified atom stereocenters. The van der Waals surface area contributed by atoms with Crippen molar-refractivity contribution in [2.75, 3.05) is 18.0 Å². The van der Waals surface area contributed by atoms with E-state index in [-0.39, 0.29) is 5.82 Å². The summed E-state index contributed by atoms with van der Waals surface area (Å²) in [6.07, 6.45) is 8.32. The van der Waals surface area contributed by atoms with Crippen molar-refractivity contribution in [1.29, 1.82) is 0 Å². The molecule has 0 aromatic heterocycles. The average Bonchev–Trinajstić information content (AvgIpc) is 2.43. The highest BCUT2D eigenvalue weighted by molar-refractivity contribution is 5.70. The van der Waals surface area contributed by atoms with Crippen LogP contribution in [0.3, 0.4) is 0 Å². The Hall–Kier alpha value is -1.57. The second-order valence-electron chi connectivity index (χ2n) is 4.50. The van der Waals surface area contributed by atoms with Gasteiger partial charge in [-0.05, 0) is 50.0 Å². The van der Waals surface area contributed by atoms with Crippen LogP contribution in [0.1, 0.15) is 32.3 Å². The van der Waals surface area contributed by atoms with Crippen LogP contribution in [0.15, 0.2) is 36.4 Å². The second-order valence-corrected chi connectivity index (χ2v) is 4.50. The van der Waals surface area contributed by atoms with E-state index < -0.39 is 0 Å². The van der Waals surface area contributed by atoms with Crippen molar-refractivity contribution in [2.45, 2.75) is 26.7 Å². The van der Waals surface area contributed by atoms with E-state index in [1.54, 1.807) is 6.07 Å². The third-order valence-electron chi connectivity index (χ3n) is 3.44. The molecule has 0 N–H and O–H groups in total. The number of hydrogen-bond donors (Lipinski definition) is 0. The highest BCUT2D eigenvalue weighted by Crippen LogP contribution is 2.27. The van der Waals surface area contributed by atoms with Crippen LogP contribution in [0.5, 0.6) is 0 Å². The van der Waals surface area contributed by atoms with E-state index in [9.17, 15) is 4.39 Å². The highest BCUT2D eigenvalue weighted by atomic mass is 19.1. The fraction of sp³-hybridized carbons (Fsp3) is 0.375. The summed E-state index contributed by atoms with van der Waals surface area (Å²) in [5.74, 6) is -0.119. The zero-order valence-electron chi connectivity index (χ0n) is 11.1. The lowest BCUT2D eigenvalue weighted by atomic mass is 9.97. The van der Waals surface area contributed by atoms with E-state index in [4.69, 9.17) is 0 Å². The number of halogens is 1. The van der Waals surface area contributed by atoms with Gasteiger partial charge in [-0.25, -0.2) is 4.39 Å². The maximum absolute atomic E-state index is 14.1. The molecule has 2 rings (SSSR count). The molecule has 0 amide bonds. The molecule has 1 aliphatic rings. The Morgan fingerprint density at radius 1 is 1.22 bits per heavy atom. The van der Waals surface area contributed by atoms with E-state index in [0.29, 0.717) is 5.69 Å². The summed E-state index contributed by atoms with van der Waals surface area (Å²) in [5.41, 5.74) is 2.94. The number of benzene rings is 1. The Balaban J connectivity index is 2.29. The van der Waals surface area contributed by atoms with Crippen molar-refractivity contribution in [2.24, 2.45) is 0 Å². The van der Waals surface area contributed by atoms with Gasteiger partial charge in [0.25, 0.3) is 0 Å². The smallest absolute Gasteiger partial charge is 0.147 e. The van der Waals surface area contributed by atoms with Crippen LogP contribution in [0, 0.1) is 5.82 Å². The summed E-state index contributed by atoms with van der Waals surface area (Å²) in [6, 6.07) is 5.59. The van der Waals surface area contributed by atoms with Crippen LogP contribution < -0.4 is 4.90 Å². The molecule has 0 saturated heterocycles. The van der Waals surface area contributed by atoms with E-state index >= 15 is 0 Å². The monoisotopic (exact) mass is 245 g/mol. The molecule has 0 fully saturated rings. The molecule has 18 heavy (non-hydrogen) atoms. The first-order valence-electron chi connectivity index (χ1n) is 6.66. The third kappa shape index (κ3) is 2.63. The van der Waals surface area contributed by atoms with Crippen LogP contribution in [0.2, 0.25) is 0 Å². The molecule has 96 valence electrons. The molecule has 0 spiro atoms. The lowest BCUT2D eigenvalue weighted by Gasteiger charge is -2.22. The molecule has 1 aliphatic carbocycles. The molecule has 1 nitrogen and oxygen atoms in total. The van der Waals surface area contributed by atoms with Crippen molar-refractivity contribution in [3.63, 3.8) is 0 Å². The van der Waals surface area contributed by atoms with Crippen molar-refractivity contribution < 1.29 is 4.39 Å². The predicted octanol–water partition coefficient (Wildman–Crippen LogP) is 4.41. The summed E-state index contributed by atoms with van der Waals surface area (Å²) >= 11 is 0.